The van der Waals surface area contributed by atoms with Crippen LogP contribution in [0.15, 0.2) is 72.8 Å². The number of carbonyl (C=O) groups excluding carboxylic acids is 1. The number of nitrogens with one attached hydrogen (secondary N) is 1. The summed E-state index contributed by atoms with van der Waals surface area (Å²) in [4.78, 5) is 12.7. The summed E-state index contributed by atoms with van der Waals surface area (Å²) in [7, 11) is 0. The molecule has 150 valence electrons. The lowest BCUT2D eigenvalue weighted by molar-refractivity contribution is -0.146. The van der Waals surface area contributed by atoms with Crippen molar-refractivity contribution in [3.05, 3.63) is 83.9 Å². The zero-order valence-corrected chi connectivity index (χ0v) is 16.8. The lowest BCUT2D eigenvalue weighted by Crippen LogP contribution is -2.40. The number of ether oxygens (including phenoxy) is 1. The molecule has 0 spiro atoms. The molecule has 0 radical (unpaired) electrons. The fourth-order valence-electron chi connectivity index (χ4n) is 2.94. The summed E-state index contributed by atoms with van der Waals surface area (Å²) in [6, 6.07) is 19.5. The van der Waals surface area contributed by atoms with E-state index < -0.39 is 12.1 Å². The number of esters is 1. The SMILES string of the molecule is CCCCOC(=O)[C@H](C/C=C/[C@@H](C)O)NC(c1ccccc1)c1ccccc1. The topological polar surface area (TPSA) is 58.6 Å². The highest BCUT2D eigenvalue weighted by Crippen LogP contribution is 2.23. The maximum Gasteiger partial charge on any atom is 0.323 e. The Labute approximate surface area is 168 Å². The summed E-state index contributed by atoms with van der Waals surface area (Å²) < 4.78 is 5.48. The number of hydrogen-bond acceptors (Lipinski definition) is 4. The average Bonchev–Trinajstić information content (AvgIpc) is 2.71. The van der Waals surface area contributed by atoms with Crippen molar-refractivity contribution >= 4 is 5.97 Å². The molecule has 0 saturated carbocycles. The molecule has 2 rings (SSSR count). The van der Waals surface area contributed by atoms with Gasteiger partial charge in [-0.25, -0.2) is 0 Å². The maximum absolute atomic E-state index is 12.7. The predicted molar refractivity (Wildman–Crippen MR) is 113 cm³/mol. The quantitative estimate of drug-likeness (QED) is 0.344. The zero-order chi connectivity index (χ0) is 20.2. The van der Waals surface area contributed by atoms with Crippen LogP contribution in [0.5, 0.6) is 0 Å². The number of rotatable bonds is 11. The molecular weight excluding hydrogens is 350 g/mol. The molecule has 2 aromatic rings. The van der Waals surface area contributed by atoms with Crippen molar-refractivity contribution in [3.8, 4) is 0 Å². The average molecular weight is 382 g/mol. The summed E-state index contributed by atoms with van der Waals surface area (Å²) in [6.45, 7) is 4.18. The molecule has 0 heterocycles. The number of aliphatic hydroxyl groups excluding tert-OH is 1. The van der Waals surface area contributed by atoms with Crippen molar-refractivity contribution in [2.45, 2.75) is 51.3 Å². The molecule has 0 amide bonds. The van der Waals surface area contributed by atoms with E-state index in [1.54, 1.807) is 13.0 Å². The largest absolute Gasteiger partial charge is 0.465 e. The van der Waals surface area contributed by atoms with E-state index >= 15 is 0 Å². The summed E-state index contributed by atoms with van der Waals surface area (Å²) in [5, 5.41) is 13.0. The monoisotopic (exact) mass is 381 g/mol. The molecule has 0 fully saturated rings. The van der Waals surface area contributed by atoms with E-state index in [1.165, 1.54) is 0 Å². The third-order valence-electron chi connectivity index (χ3n) is 4.45. The Hall–Kier alpha value is -2.43. The molecule has 2 N–H and O–H groups in total. The summed E-state index contributed by atoms with van der Waals surface area (Å²) in [6.07, 6.45) is 5.25. The maximum atomic E-state index is 12.7. The van der Waals surface area contributed by atoms with Crippen LogP contribution in [0.25, 0.3) is 0 Å². The van der Waals surface area contributed by atoms with Gasteiger partial charge in [-0.1, -0.05) is 86.2 Å². The van der Waals surface area contributed by atoms with Crippen LogP contribution in [0, 0.1) is 0 Å². The normalized spacial score (nSPS) is 13.6. The number of benzene rings is 2. The molecule has 0 saturated heterocycles. The van der Waals surface area contributed by atoms with Crippen LogP contribution in [0.3, 0.4) is 0 Å². The minimum atomic E-state index is -0.546. The molecule has 0 unspecified atom stereocenters. The first-order valence-electron chi connectivity index (χ1n) is 9.99. The van der Waals surface area contributed by atoms with Crippen molar-refractivity contribution in [3.63, 3.8) is 0 Å². The lowest BCUT2D eigenvalue weighted by atomic mass is 9.97. The van der Waals surface area contributed by atoms with Gasteiger partial charge in [0.15, 0.2) is 0 Å². The first kappa shape index (κ1) is 21.9. The zero-order valence-electron chi connectivity index (χ0n) is 16.8. The molecule has 0 aliphatic rings. The fourth-order valence-corrected chi connectivity index (χ4v) is 2.94. The summed E-state index contributed by atoms with van der Waals surface area (Å²) in [5.74, 6) is -0.263. The van der Waals surface area contributed by atoms with E-state index in [4.69, 9.17) is 4.74 Å². The van der Waals surface area contributed by atoms with Gasteiger partial charge < -0.3 is 9.84 Å². The van der Waals surface area contributed by atoms with E-state index in [-0.39, 0.29) is 12.0 Å². The second-order valence-electron chi connectivity index (χ2n) is 6.90. The van der Waals surface area contributed by atoms with Gasteiger partial charge in [-0.2, -0.15) is 0 Å². The van der Waals surface area contributed by atoms with E-state index in [9.17, 15) is 9.90 Å². The molecular formula is C24H31NO3. The summed E-state index contributed by atoms with van der Waals surface area (Å²) >= 11 is 0. The van der Waals surface area contributed by atoms with Gasteiger partial charge >= 0.3 is 5.97 Å². The lowest BCUT2D eigenvalue weighted by Gasteiger charge is -2.25. The molecule has 0 aromatic heterocycles. The Morgan fingerprint density at radius 3 is 2.14 bits per heavy atom. The predicted octanol–water partition coefficient (Wildman–Crippen LogP) is 4.40. The van der Waals surface area contributed by atoms with Crippen molar-refractivity contribution in [2.75, 3.05) is 6.61 Å². The van der Waals surface area contributed by atoms with Crippen LogP contribution in [-0.2, 0) is 9.53 Å². The molecule has 0 aliphatic heterocycles. The Kier molecular flexibility index (Phi) is 9.46. The van der Waals surface area contributed by atoms with E-state index in [2.05, 4.69) is 36.5 Å². The Morgan fingerprint density at radius 1 is 1.07 bits per heavy atom. The Bertz CT molecular complexity index is 674. The summed E-state index contributed by atoms with van der Waals surface area (Å²) in [5.41, 5.74) is 2.17. The van der Waals surface area contributed by atoms with Gasteiger partial charge in [0.25, 0.3) is 0 Å². The number of carbonyl (C=O) groups is 1. The van der Waals surface area contributed by atoms with Gasteiger partial charge in [0.2, 0.25) is 0 Å². The molecule has 4 nitrogen and oxygen atoms in total. The minimum Gasteiger partial charge on any atom is -0.465 e. The van der Waals surface area contributed by atoms with Crippen LogP contribution in [0.4, 0.5) is 0 Å². The third kappa shape index (κ3) is 7.29. The Morgan fingerprint density at radius 2 is 1.64 bits per heavy atom. The van der Waals surface area contributed by atoms with Crippen molar-refractivity contribution in [1.29, 1.82) is 0 Å². The minimum absolute atomic E-state index is 0.133. The fraction of sp³-hybridized carbons (Fsp3) is 0.375. The number of unbranched alkanes of at least 4 members (excludes halogenated alkanes) is 1. The van der Waals surface area contributed by atoms with Crippen LogP contribution >= 0.6 is 0 Å². The molecule has 28 heavy (non-hydrogen) atoms. The highest BCUT2D eigenvalue weighted by Gasteiger charge is 2.24. The molecule has 0 bridgehead atoms. The number of aliphatic hydroxyl groups is 1. The second-order valence-corrected chi connectivity index (χ2v) is 6.90. The first-order valence-corrected chi connectivity index (χ1v) is 9.99. The van der Waals surface area contributed by atoms with Crippen LogP contribution in [0.1, 0.15) is 50.3 Å². The van der Waals surface area contributed by atoms with E-state index in [0.29, 0.717) is 13.0 Å². The first-order chi connectivity index (χ1) is 13.6. The van der Waals surface area contributed by atoms with Gasteiger partial charge in [0.1, 0.15) is 6.04 Å². The standard InChI is InChI=1S/C24H31NO3/c1-3-4-18-28-24(27)22(17-11-12-19(2)26)25-23(20-13-7-5-8-14-20)21-15-9-6-10-16-21/h5-16,19,22-23,25-26H,3-4,17-18H2,1-2H3/b12-11+/t19-,22+/m1/s1. The van der Waals surface area contributed by atoms with Gasteiger partial charge in [0.05, 0.1) is 18.8 Å². The van der Waals surface area contributed by atoms with Crippen LogP contribution in [0.2, 0.25) is 0 Å². The third-order valence-corrected chi connectivity index (χ3v) is 4.45. The molecule has 2 atom stereocenters. The van der Waals surface area contributed by atoms with E-state index in [0.717, 1.165) is 24.0 Å². The molecule has 4 heteroatoms. The highest BCUT2D eigenvalue weighted by molar-refractivity contribution is 5.76. The Balaban J connectivity index is 2.23. The van der Waals surface area contributed by atoms with Crippen molar-refractivity contribution in [2.24, 2.45) is 0 Å². The van der Waals surface area contributed by atoms with Crippen molar-refractivity contribution in [1.82, 2.24) is 5.32 Å². The van der Waals surface area contributed by atoms with Gasteiger partial charge in [-0.05, 0) is 30.9 Å². The van der Waals surface area contributed by atoms with Crippen LogP contribution in [-0.4, -0.2) is 29.8 Å². The van der Waals surface area contributed by atoms with Gasteiger partial charge in [0, 0.05) is 0 Å². The number of hydrogen-bond donors (Lipinski definition) is 2. The second kappa shape index (κ2) is 12.1. The molecule has 0 aliphatic carbocycles. The smallest absolute Gasteiger partial charge is 0.323 e. The van der Waals surface area contributed by atoms with Gasteiger partial charge in [-0.3, -0.25) is 10.1 Å². The van der Waals surface area contributed by atoms with Crippen LogP contribution < -0.4 is 5.32 Å². The van der Waals surface area contributed by atoms with Crippen molar-refractivity contribution < 1.29 is 14.6 Å². The van der Waals surface area contributed by atoms with Gasteiger partial charge in [-0.15, -0.1) is 0 Å². The highest BCUT2D eigenvalue weighted by atomic mass is 16.5. The van der Waals surface area contributed by atoms with E-state index in [1.807, 2.05) is 42.5 Å². The molecule has 2 aromatic carbocycles.